The summed E-state index contributed by atoms with van der Waals surface area (Å²) >= 11 is 5.84. The number of aliphatic imine (C=N–C) groups is 1. The number of nitrogens with one attached hydrogen (secondary N) is 2. The molecule has 2 N–H and O–H groups in total. The number of hydrogen-bond donors (Lipinski definition) is 2. The predicted octanol–water partition coefficient (Wildman–Crippen LogP) is 4.26. The minimum Gasteiger partial charge on any atom is -0.373 e. The van der Waals surface area contributed by atoms with Crippen molar-refractivity contribution in [3.05, 3.63) is 64.4 Å². The molecule has 2 atom stereocenters. The summed E-state index contributed by atoms with van der Waals surface area (Å²) < 4.78 is 5.83. The minimum atomic E-state index is 0. The molecule has 0 amide bonds. The molecule has 2 unspecified atom stereocenters. The number of pyridine rings is 1. The zero-order valence-corrected chi connectivity index (χ0v) is 22.3. The van der Waals surface area contributed by atoms with Crippen molar-refractivity contribution in [2.75, 3.05) is 26.2 Å². The lowest BCUT2D eigenvalue weighted by atomic mass is 10.1. The van der Waals surface area contributed by atoms with Gasteiger partial charge in [-0.3, -0.25) is 4.90 Å². The van der Waals surface area contributed by atoms with Crippen molar-refractivity contribution >= 4 is 41.5 Å². The Labute approximate surface area is 214 Å². The number of nitrogens with zero attached hydrogens (tertiary/aromatic N) is 3. The van der Waals surface area contributed by atoms with Crippen LogP contribution in [-0.2, 0) is 24.2 Å². The van der Waals surface area contributed by atoms with E-state index in [2.05, 4.69) is 65.6 Å². The molecule has 0 aliphatic carbocycles. The lowest BCUT2D eigenvalue weighted by Gasteiger charge is -2.35. The van der Waals surface area contributed by atoms with Gasteiger partial charge < -0.3 is 15.4 Å². The lowest BCUT2D eigenvalue weighted by molar-refractivity contribution is -0.0704. The summed E-state index contributed by atoms with van der Waals surface area (Å²) in [4.78, 5) is 11.3. The summed E-state index contributed by atoms with van der Waals surface area (Å²) in [6.07, 6.45) is 3.27. The topological polar surface area (TPSA) is 61.8 Å². The first-order valence-corrected chi connectivity index (χ1v) is 11.5. The van der Waals surface area contributed by atoms with Gasteiger partial charge >= 0.3 is 0 Å². The van der Waals surface area contributed by atoms with Crippen molar-refractivity contribution < 1.29 is 4.74 Å². The Hall–Kier alpha value is -1.42. The van der Waals surface area contributed by atoms with Crippen molar-refractivity contribution in [2.45, 2.75) is 52.5 Å². The molecule has 1 fully saturated rings. The van der Waals surface area contributed by atoms with Crippen molar-refractivity contribution in [1.29, 1.82) is 0 Å². The van der Waals surface area contributed by atoms with Crippen LogP contribution in [0, 0.1) is 0 Å². The van der Waals surface area contributed by atoms with E-state index in [0.29, 0.717) is 23.9 Å². The second kappa shape index (κ2) is 14.0. The monoisotopic (exact) mass is 571 g/mol. The average Bonchev–Trinajstić information content (AvgIpc) is 2.74. The second-order valence-corrected chi connectivity index (χ2v) is 8.52. The van der Waals surface area contributed by atoms with E-state index in [-0.39, 0.29) is 24.0 Å². The average molecular weight is 572 g/mol. The summed E-state index contributed by atoms with van der Waals surface area (Å²) in [5.41, 5.74) is 3.68. The fourth-order valence-corrected chi connectivity index (χ4v) is 3.93. The first-order chi connectivity index (χ1) is 15.0. The molecule has 0 saturated carbocycles. The highest BCUT2D eigenvalue weighted by atomic mass is 127. The van der Waals surface area contributed by atoms with E-state index in [1.165, 1.54) is 11.1 Å². The molecule has 1 aliphatic rings. The van der Waals surface area contributed by atoms with Crippen LogP contribution in [0.25, 0.3) is 0 Å². The number of ether oxygens (including phenoxy) is 1. The molecule has 8 heteroatoms. The Balaban J connectivity index is 0.00000363. The fraction of sp³-hybridized carbons (Fsp3) is 0.500. The van der Waals surface area contributed by atoms with Crippen LogP contribution in [0.3, 0.4) is 0 Å². The van der Waals surface area contributed by atoms with E-state index < -0.39 is 0 Å². The van der Waals surface area contributed by atoms with Gasteiger partial charge in [-0.25, -0.2) is 9.98 Å². The van der Waals surface area contributed by atoms with Crippen molar-refractivity contribution in [3.8, 4) is 0 Å². The summed E-state index contributed by atoms with van der Waals surface area (Å²) in [5.74, 6) is 0.824. The molecule has 0 spiro atoms. The van der Waals surface area contributed by atoms with E-state index in [4.69, 9.17) is 21.3 Å². The number of aromatic nitrogens is 1. The van der Waals surface area contributed by atoms with Gasteiger partial charge in [0, 0.05) is 38.9 Å². The number of benzene rings is 1. The third kappa shape index (κ3) is 9.21. The summed E-state index contributed by atoms with van der Waals surface area (Å²) in [6.45, 7) is 11.5. The molecule has 1 aliphatic heterocycles. The Morgan fingerprint density at radius 3 is 2.34 bits per heavy atom. The normalized spacial score (nSPS) is 19.3. The van der Waals surface area contributed by atoms with Crippen molar-refractivity contribution in [2.24, 2.45) is 4.99 Å². The van der Waals surface area contributed by atoms with E-state index in [9.17, 15) is 0 Å². The van der Waals surface area contributed by atoms with Crippen molar-refractivity contribution in [1.82, 2.24) is 20.5 Å². The molecular weight excluding hydrogens is 537 g/mol. The van der Waals surface area contributed by atoms with E-state index in [1.807, 2.05) is 18.3 Å². The quantitative estimate of drug-likeness (QED) is 0.215. The minimum absolute atomic E-state index is 0. The highest BCUT2D eigenvalue weighted by Gasteiger charge is 2.21. The molecule has 6 nitrogen and oxygen atoms in total. The van der Waals surface area contributed by atoms with Crippen LogP contribution >= 0.6 is 35.6 Å². The van der Waals surface area contributed by atoms with Gasteiger partial charge in [-0.2, -0.15) is 0 Å². The third-order valence-corrected chi connectivity index (χ3v) is 5.41. The number of hydrogen-bond acceptors (Lipinski definition) is 4. The zero-order valence-electron chi connectivity index (χ0n) is 19.2. The lowest BCUT2D eigenvalue weighted by Crippen LogP contribution is -2.44. The SMILES string of the molecule is CCNC(=NCc1ccc(CN2CC(C)OC(C)C2)cc1)NCCc1ccc(Cl)nc1.I. The molecule has 1 aromatic heterocycles. The highest BCUT2D eigenvalue weighted by molar-refractivity contribution is 14.0. The smallest absolute Gasteiger partial charge is 0.191 e. The van der Waals surface area contributed by atoms with E-state index in [0.717, 1.165) is 50.7 Å². The van der Waals surface area contributed by atoms with Gasteiger partial charge in [0.05, 0.1) is 18.8 Å². The van der Waals surface area contributed by atoms with Crippen LogP contribution in [0.15, 0.2) is 47.6 Å². The largest absolute Gasteiger partial charge is 0.373 e. The van der Waals surface area contributed by atoms with E-state index in [1.54, 1.807) is 0 Å². The van der Waals surface area contributed by atoms with Gasteiger partial charge in [-0.05, 0) is 49.9 Å². The summed E-state index contributed by atoms with van der Waals surface area (Å²) in [6, 6.07) is 12.6. The molecule has 0 radical (unpaired) electrons. The molecular formula is C24H35ClIN5O. The van der Waals surface area contributed by atoms with Gasteiger partial charge in [0.15, 0.2) is 5.96 Å². The summed E-state index contributed by atoms with van der Waals surface area (Å²) in [7, 11) is 0. The second-order valence-electron chi connectivity index (χ2n) is 8.13. The molecule has 2 aromatic rings. The standard InChI is InChI=1S/C24H34ClN5O.HI/c1-4-26-24(27-12-11-21-9-10-23(25)28-13-21)29-14-20-5-7-22(8-6-20)17-30-15-18(2)31-19(3)16-30;/h5-10,13,18-19H,4,11-12,14-17H2,1-3H3,(H2,26,27,29);1H. The predicted molar refractivity (Wildman–Crippen MR) is 143 cm³/mol. The van der Waals surface area contributed by atoms with E-state index >= 15 is 0 Å². The molecule has 176 valence electrons. The Bertz CT molecular complexity index is 821. The van der Waals surface area contributed by atoms with Gasteiger partial charge in [0.2, 0.25) is 0 Å². The molecule has 0 bridgehead atoms. The summed E-state index contributed by atoms with van der Waals surface area (Å²) in [5, 5.41) is 7.21. The van der Waals surface area contributed by atoms with Crippen LogP contribution in [0.1, 0.15) is 37.5 Å². The van der Waals surface area contributed by atoms with Gasteiger partial charge in [-0.15, -0.1) is 24.0 Å². The number of rotatable bonds is 8. The highest BCUT2D eigenvalue weighted by Crippen LogP contribution is 2.15. The molecule has 2 heterocycles. The molecule has 1 aromatic carbocycles. The van der Waals surface area contributed by atoms with Crippen LogP contribution in [0.2, 0.25) is 5.15 Å². The van der Waals surface area contributed by atoms with Crippen LogP contribution < -0.4 is 10.6 Å². The van der Waals surface area contributed by atoms with Gasteiger partial charge in [0.25, 0.3) is 0 Å². The van der Waals surface area contributed by atoms with Crippen molar-refractivity contribution in [3.63, 3.8) is 0 Å². The first kappa shape index (κ1) is 26.8. The third-order valence-electron chi connectivity index (χ3n) is 5.18. The number of halogens is 2. The van der Waals surface area contributed by atoms with Gasteiger partial charge in [-0.1, -0.05) is 41.9 Å². The van der Waals surface area contributed by atoms with Crippen LogP contribution in [-0.4, -0.2) is 54.2 Å². The first-order valence-electron chi connectivity index (χ1n) is 11.1. The maximum absolute atomic E-state index is 5.84. The maximum atomic E-state index is 5.84. The van der Waals surface area contributed by atoms with Crippen LogP contribution in [0.5, 0.6) is 0 Å². The molecule has 32 heavy (non-hydrogen) atoms. The Kier molecular flexibility index (Phi) is 11.7. The Morgan fingerprint density at radius 2 is 1.72 bits per heavy atom. The zero-order chi connectivity index (χ0) is 22.1. The molecule has 3 rings (SSSR count). The Morgan fingerprint density at radius 1 is 1.06 bits per heavy atom. The van der Waals surface area contributed by atoms with Crippen LogP contribution in [0.4, 0.5) is 0 Å². The van der Waals surface area contributed by atoms with Gasteiger partial charge in [0.1, 0.15) is 5.15 Å². The number of guanidine groups is 1. The fourth-order valence-electron chi connectivity index (χ4n) is 3.81. The molecule has 1 saturated heterocycles. The maximum Gasteiger partial charge on any atom is 0.191 e. The number of morpholine rings is 1.